The van der Waals surface area contributed by atoms with Gasteiger partial charge in [0.1, 0.15) is 5.75 Å². The fraction of sp³-hybridized carbons (Fsp3) is 0.529. The number of rotatable bonds is 4. The highest BCUT2D eigenvalue weighted by molar-refractivity contribution is 8.13. The van der Waals surface area contributed by atoms with Crippen LogP contribution in [0.3, 0.4) is 0 Å². The maximum atomic E-state index is 11.5. The lowest BCUT2D eigenvalue weighted by Gasteiger charge is -2.37. The van der Waals surface area contributed by atoms with Crippen LogP contribution in [0.5, 0.6) is 5.75 Å². The maximum Gasteiger partial charge on any atom is 0.159 e. The topological polar surface area (TPSA) is 53.9 Å². The van der Waals surface area contributed by atoms with Gasteiger partial charge in [-0.25, -0.2) is 4.99 Å². The quantitative estimate of drug-likeness (QED) is 0.857. The molecule has 0 aliphatic carbocycles. The van der Waals surface area contributed by atoms with Gasteiger partial charge in [0.05, 0.1) is 20.4 Å². The molecule has 23 heavy (non-hydrogen) atoms. The van der Waals surface area contributed by atoms with Crippen LogP contribution < -0.4 is 10.1 Å². The van der Waals surface area contributed by atoms with E-state index in [4.69, 9.17) is 4.74 Å². The molecule has 0 aromatic heterocycles. The molecule has 0 saturated heterocycles. The molecule has 1 aromatic carbocycles. The number of nitrogens with one attached hydrogen (secondary N) is 1. The Morgan fingerprint density at radius 2 is 2.17 bits per heavy atom. The number of carbonyl (C=O) groups is 1. The van der Waals surface area contributed by atoms with Gasteiger partial charge < -0.3 is 10.1 Å². The van der Waals surface area contributed by atoms with Crippen LogP contribution in [0.25, 0.3) is 0 Å². The fourth-order valence-corrected chi connectivity index (χ4v) is 3.05. The molecular weight excluding hydrogens is 310 g/mol. The molecule has 126 valence electrons. The number of ketones is 1. The Kier molecular flexibility index (Phi) is 5.70. The molecule has 1 aliphatic heterocycles. The van der Waals surface area contributed by atoms with Gasteiger partial charge in [0.25, 0.3) is 0 Å². The molecule has 0 atom stereocenters. The van der Waals surface area contributed by atoms with Gasteiger partial charge in [0, 0.05) is 22.4 Å². The second-order valence-corrected chi connectivity index (χ2v) is 7.49. The summed E-state index contributed by atoms with van der Waals surface area (Å²) in [7, 11) is 1.65. The predicted molar refractivity (Wildman–Crippen MR) is 96.2 cm³/mol. The highest BCUT2D eigenvalue weighted by atomic mass is 32.2. The van der Waals surface area contributed by atoms with Crippen molar-refractivity contribution in [3.05, 3.63) is 29.3 Å². The highest BCUT2D eigenvalue weighted by Crippen LogP contribution is 2.26. The summed E-state index contributed by atoms with van der Waals surface area (Å²) in [6, 6.07) is 5.55. The van der Waals surface area contributed by atoms with E-state index in [1.807, 2.05) is 12.1 Å². The zero-order chi connectivity index (χ0) is 17.0. The summed E-state index contributed by atoms with van der Waals surface area (Å²) < 4.78 is 5.39. The molecule has 0 spiro atoms. The van der Waals surface area contributed by atoms with Crippen LogP contribution in [0.1, 0.15) is 43.6 Å². The van der Waals surface area contributed by atoms with Crippen LogP contribution in [-0.4, -0.2) is 41.8 Å². The van der Waals surface area contributed by atoms with Gasteiger partial charge in [-0.15, -0.1) is 0 Å². The molecule has 6 heteroatoms. The first kappa shape index (κ1) is 17.8. The normalized spacial score (nSPS) is 15.8. The number of carbonyl (C=O) groups excluding carboxylic acids is 1. The van der Waals surface area contributed by atoms with Crippen molar-refractivity contribution in [1.82, 2.24) is 10.2 Å². The van der Waals surface area contributed by atoms with Gasteiger partial charge in [-0.2, -0.15) is 0 Å². The van der Waals surface area contributed by atoms with Crippen molar-refractivity contribution in [2.75, 3.05) is 20.4 Å². The van der Waals surface area contributed by atoms with E-state index >= 15 is 0 Å². The smallest absolute Gasteiger partial charge is 0.159 e. The Labute approximate surface area is 142 Å². The molecule has 1 heterocycles. The minimum absolute atomic E-state index is 0.0628. The summed E-state index contributed by atoms with van der Waals surface area (Å²) in [5, 5.41) is 4.28. The lowest BCUT2D eigenvalue weighted by atomic mass is 10.1. The summed E-state index contributed by atoms with van der Waals surface area (Å²) in [6.45, 7) is 9.61. The molecule has 1 aliphatic rings. The summed E-state index contributed by atoms with van der Waals surface area (Å²) in [5.74, 6) is 1.58. The molecule has 0 unspecified atom stereocenters. The molecule has 5 nitrogen and oxygen atoms in total. The molecule has 1 aromatic rings. The van der Waals surface area contributed by atoms with E-state index in [1.165, 1.54) is 0 Å². The highest BCUT2D eigenvalue weighted by Gasteiger charge is 2.23. The number of benzene rings is 1. The lowest BCUT2D eigenvalue weighted by Crippen LogP contribution is -2.50. The van der Waals surface area contributed by atoms with Crippen LogP contribution in [0, 0.1) is 0 Å². The van der Waals surface area contributed by atoms with Crippen molar-refractivity contribution in [3.8, 4) is 5.75 Å². The molecule has 2 rings (SSSR count). The number of methoxy groups -OCH3 is 1. The van der Waals surface area contributed by atoms with Gasteiger partial charge in [0.15, 0.2) is 11.0 Å². The van der Waals surface area contributed by atoms with Crippen molar-refractivity contribution >= 4 is 22.7 Å². The van der Waals surface area contributed by atoms with Gasteiger partial charge in [-0.3, -0.25) is 9.69 Å². The monoisotopic (exact) mass is 335 g/mol. The van der Waals surface area contributed by atoms with E-state index in [1.54, 1.807) is 31.9 Å². The zero-order valence-electron chi connectivity index (χ0n) is 14.5. The van der Waals surface area contributed by atoms with Gasteiger partial charge in [0.2, 0.25) is 0 Å². The number of ether oxygens (including phenoxy) is 1. The van der Waals surface area contributed by atoms with Crippen LogP contribution in [-0.2, 0) is 5.75 Å². The van der Waals surface area contributed by atoms with Gasteiger partial charge in [-0.05, 0) is 45.9 Å². The zero-order valence-corrected chi connectivity index (χ0v) is 15.3. The van der Waals surface area contributed by atoms with Gasteiger partial charge in [-0.1, -0.05) is 11.8 Å². The minimum Gasteiger partial charge on any atom is -0.496 e. The van der Waals surface area contributed by atoms with Crippen LogP contribution in [0.2, 0.25) is 0 Å². The van der Waals surface area contributed by atoms with E-state index in [0.717, 1.165) is 23.1 Å². The first-order valence-electron chi connectivity index (χ1n) is 7.65. The molecule has 0 amide bonds. The summed E-state index contributed by atoms with van der Waals surface area (Å²) in [5.41, 5.74) is 1.82. The Morgan fingerprint density at radius 3 is 2.70 bits per heavy atom. The van der Waals surface area contributed by atoms with Crippen molar-refractivity contribution in [2.45, 2.75) is 39.0 Å². The molecule has 0 saturated carbocycles. The van der Waals surface area contributed by atoms with Crippen molar-refractivity contribution < 1.29 is 9.53 Å². The Balaban J connectivity index is 2.02. The third kappa shape index (κ3) is 4.72. The Bertz CT molecular complexity index is 608. The third-order valence-electron chi connectivity index (χ3n) is 3.81. The van der Waals surface area contributed by atoms with Crippen molar-refractivity contribution in [1.29, 1.82) is 0 Å². The van der Waals surface area contributed by atoms with E-state index in [9.17, 15) is 4.79 Å². The number of hydrogen-bond acceptors (Lipinski definition) is 6. The predicted octanol–water partition coefficient (Wildman–Crippen LogP) is 3.11. The number of amidine groups is 1. The lowest BCUT2D eigenvalue weighted by molar-refractivity contribution is 0.101. The van der Waals surface area contributed by atoms with E-state index in [-0.39, 0.29) is 11.3 Å². The minimum atomic E-state index is 0.0628. The van der Waals surface area contributed by atoms with Crippen molar-refractivity contribution in [2.24, 2.45) is 4.99 Å². The third-order valence-corrected chi connectivity index (χ3v) is 4.81. The molecular formula is C17H25N3O2S. The van der Waals surface area contributed by atoms with Gasteiger partial charge >= 0.3 is 0 Å². The molecule has 0 fully saturated rings. The second kappa shape index (κ2) is 7.36. The first-order chi connectivity index (χ1) is 10.8. The number of hydrogen-bond donors (Lipinski definition) is 1. The fourth-order valence-electron chi connectivity index (χ4n) is 2.22. The van der Waals surface area contributed by atoms with Crippen LogP contribution in [0.15, 0.2) is 23.2 Å². The Morgan fingerprint density at radius 1 is 1.43 bits per heavy atom. The number of aliphatic imine (C=N–C) groups is 1. The molecule has 0 radical (unpaired) electrons. The van der Waals surface area contributed by atoms with Crippen LogP contribution in [0.4, 0.5) is 0 Å². The maximum absolute atomic E-state index is 11.5. The SMILES string of the molecule is COc1ccc(C(C)=O)cc1CSC1=NCN(C(C)(C)C)CN1. The molecule has 1 N–H and O–H groups in total. The summed E-state index contributed by atoms with van der Waals surface area (Å²) in [6.07, 6.45) is 0. The van der Waals surface area contributed by atoms with E-state index in [2.05, 4.69) is 36.0 Å². The average molecular weight is 335 g/mol. The number of nitrogens with zero attached hydrogens (tertiary/aromatic N) is 2. The average Bonchev–Trinajstić information content (AvgIpc) is 2.52. The van der Waals surface area contributed by atoms with Crippen molar-refractivity contribution in [3.63, 3.8) is 0 Å². The molecule has 0 bridgehead atoms. The standard InChI is InChI=1S/C17H25N3O2S/c1-12(21)13-6-7-15(22-5)14(8-13)9-23-16-18-10-20(11-19-16)17(2,3)4/h6-8H,9-11H2,1-5H3,(H,18,19). The number of thioether (sulfide) groups is 1. The second-order valence-electron chi connectivity index (χ2n) is 6.52. The largest absolute Gasteiger partial charge is 0.496 e. The first-order valence-corrected chi connectivity index (χ1v) is 8.64. The van der Waals surface area contributed by atoms with E-state index < -0.39 is 0 Å². The summed E-state index contributed by atoms with van der Waals surface area (Å²) in [4.78, 5) is 18.4. The Hall–Kier alpha value is -1.53. The number of Topliss-reactive ketones (excluding diaryl/α,β-unsaturated/α-hetero) is 1. The summed E-state index contributed by atoms with van der Waals surface area (Å²) >= 11 is 1.63. The van der Waals surface area contributed by atoms with E-state index in [0.29, 0.717) is 18.0 Å². The van der Waals surface area contributed by atoms with Crippen LogP contribution >= 0.6 is 11.8 Å².